The number of aliphatic hydroxyl groups is 1. The largest absolute Gasteiger partial charge is 0.456 e. The maximum Gasteiger partial charge on any atom is 0.230 e. The van der Waals surface area contributed by atoms with Gasteiger partial charge in [-0.3, -0.25) is 0 Å². The SMILES string of the molecule is Cc1ccc2c(c1)C1(OCC(CO)O1)c1cc(C)ccc1O2. The first-order valence-electron chi connectivity index (χ1n) is 7.45. The molecule has 4 heteroatoms. The molecule has 2 heterocycles. The molecule has 0 amide bonds. The van der Waals surface area contributed by atoms with Gasteiger partial charge in [-0.05, 0) is 38.1 Å². The van der Waals surface area contributed by atoms with Gasteiger partial charge in [0.25, 0.3) is 0 Å². The van der Waals surface area contributed by atoms with E-state index in [2.05, 4.69) is 0 Å². The molecule has 4 nitrogen and oxygen atoms in total. The van der Waals surface area contributed by atoms with Crippen LogP contribution < -0.4 is 4.74 Å². The monoisotopic (exact) mass is 298 g/mol. The number of hydrogen-bond acceptors (Lipinski definition) is 4. The fourth-order valence-corrected chi connectivity index (χ4v) is 3.13. The van der Waals surface area contributed by atoms with Crippen LogP contribution in [-0.4, -0.2) is 24.4 Å². The van der Waals surface area contributed by atoms with Crippen LogP contribution in [0.5, 0.6) is 11.5 Å². The van der Waals surface area contributed by atoms with E-state index in [-0.39, 0.29) is 12.7 Å². The lowest BCUT2D eigenvalue weighted by Gasteiger charge is -2.36. The molecule has 0 saturated carbocycles. The molecule has 2 aliphatic heterocycles. The van der Waals surface area contributed by atoms with Crippen molar-refractivity contribution in [1.29, 1.82) is 0 Å². The first-order chi connectivity index (χ1) is 10.6. The maximum absolute atomic E-state index is 9.45. The lowest BCUT2D eigenvalue weighted by atomic mass is 9.91. The quantitative estimate of drug-likeness (QED) is 0.879. The number of benzene rings is 2. The molecule has 1 spiro atoms. The van der Waals surface area contributed by atoms with E-state index >= 15 is 0 Å². The van der Waals surface area contributed by atoms with Crippen LogP contribution in [0.4, 0.5) is 0 Å². The van der Waals surface area contributed by atoms with E-state index in [0.29, 0.717) is 6.61 Å². The fraction of sp³-hybridized carbons (Fsp3) is 0.333. The summed E-state index contributed by atoms with van der Waals surface area (Å²) in [6.07, 6.45) is -0.333. The number of rotatable bonds is 1. The third kappa shape index (κ3) is 1.88. The molecule has 0 aliphatic carbocycles. The zero-order valence-electron chi connectivity index (χ0n) is 12.6. The smallest absolute Gasteiger partial charge is 0.230 e. The van der Waals surface area contributed by atoms with Crippen LogP contribution in [0.3, 0.4) is 0 Å². The van der Waals surface area contributed by atoms with Gasteiger partial charge in [0.05, 0.1) is 24.3 Å². The Bertz CT molecular complexity index is 686. The highest BCUT2D eigenvalue weighted by Crippen LogP contribution is 2.52. The number of aliphatic hydroxyl groups excluding tert-OH is 1. The van der Waals surface area contributed by atoms with E-state index in [0.717, 1.165) is 33.8 Å². The molecule has 114 valence electrons. The predicted molar refractivity (Wildman–Crippen MR) is 81.1 cm³/mol. The number of aryl methyl sites for hydroxylation is 2. The summed E-state index contributed by atoms with van der Waals surface area (Å²) >= 11 is 0. The third-order valence-corrected chi connectivity index (χ3v) is 4.21. The molecule has 4 rings (SSSR count). The molecule has 2 aromatic carbocycles. The van der Waals surface area contributed by atoms with Gasteiger partial charge < -0.3 is 19.3 Å². The summed E-state index contributed by atoms with van der Waals surface area (Å²) in [6, 6.07) is 11.9. The summed E-state index contributed by atoms with van der Waals surface area (Å²) in [5.74, 6) is 0.482. The standard InChI is InChI=1S/C18H18O4/c1-11-3-5-16-14(7-11)18(20-10-13(9-19)22-18)15-8-12(2)4-6-17(15)21-16/h3-8,13,19H,9-10H2,1-2H3. The molecular formula is C18H18O4. The normalized spacial score (nSPS) is 21.3. The molecular weight excluding hydrogens is 280 g/mol. The van der Waals surface area contributed by atoms with E-state index in [4.69, 9.17) is 14.2 Å². The van der Waals surface area contributed by atoms with Crippen molar-refractivity contribution in [3.05, 3.63) is 58.7 Å². The van der Waals surface area contributed by atoms with Crippen LogP contribution in [0.25, 0.3) is 0 Å². The van der Waals surface area contributed by atoms with Crippen molar-refractivity contribution in [3.8, 4) is 11.5 Å². The molecule has 1 fully saturated rings. The molecule has 1 atom stereocenters. The predicted octanol–water partition coefficient (Wildman–Crippen LogP) is 3.02. The summed E-state index contributed by atoms with van der Waals surface area (Å²) in [6.45, 7) is 4.35. The topological polar surface area (TPSA) is 47.9 Å². The van der Waals surface area contributed by atoms with Gasteiger partial charge in [0.15, 0.2) is 0 Å². The van der Waals surface area contributed by atoms with Gasteiger partial charge in [0.1, 0.15) is 17.6 Å². The second kappa shape index (κ2) is 4.81. The third-order valence-electron chi connectivity index (χ3n) is 4.21. The van der Waals surface area contributed by atoms with Crippen molar-refractivity contribution < 1.29 is 19.3 Å². The first-order valence-corrected chi connectivity index (χ1v) is 7.45. The van der Waals surface area contributed by atoms with Crippen molar-refractivity contribution in [1.82, 2.24) is 0 Å². The van der Waals surface area contributed by atoms with Crippen molar-refractivity contribution in [2.45, 2.75) is 25.7 Å². The minimum atomic E-state index is -0.992. The Morgan fingerprint density at radius 2 is 1.64 bits per heavy atom. The summed E-state index contributed by atoms with van der Waals surface area (Å²) in [5.41, 5.74) is 3.94. The van der Waals surface area contributed by atoms with E-state index < -0.39 is 5.79 Å². The average Bonchev–Trinajstić information content (AvgIpc) is 2.95. The Morgan fingerprint density at radius 1 is 1.05 bits per heavy atom. The Balaban J connectivity index is 1.96. The molecule has 1 N–H and O–H groups in total. The number of hydrogen-bond donors (Lipinski definition) is 1. The summed E-state index contributed by atoms with van der Waals surface area (Å²) in [7, 11) is 0. The minimum Gasteiger partial charge on any atom is -0.456 e. The van der Waals surface area contributed by atoms with E-state index in [9.17, 15) is 5.11 Å². The van der Waals surface area contributed by atoms with Gasteiger partial charge in [-0.25, -0.2) is 0 Å². The van der Waals surface area contributed by atoms with E-state index in [1.54, 1.807) is 0 Å². The summed E-state index contributed by atoms with van der Waals surface area (Å²) in [4.78, 5) is 0. The maximum atomic E-state index is 9.45. The second-order valence-corrected chi connectivity index (χ2v) is 5.95. The van der Waals surface area contributed by atoms with Crippen LogP contribution in [0, 0.1) is 13.8 Å². The molecule has 22 heavy (non-hydrogen) atoms. The van der Waals surface area contributed by atoms with E-state index in [1.807, 2.05) is 50.2 Å². The Hall–Kier alpha value is -1.88. The number of ether oxygens (including phenoxy) is 3. The van der Waals surface area contributed by atoms with Gasteiger partial charge in [-0.1, -0.05) is 23.3 Å². The average molecular weight is 298 g/mol. The van der Waals surface area contributed by atoms with E-state index in [1.165, 1.54) is 0 Å². The first kappa shape index (κ1) is 13.8. The van der Waals surface area contributed by atoms with Crippen LogP contribution in [0.1, 0.15) is 22.3 Å². The molecule has 2 aliphatic rings. The zero-order valence-corrected chi connectivity index (χ0v) is 12.6. The van der Waals surface area contributed by atoms with Gasteiger partial charge in [-0.2, -0.15) is 0 Å². The second-order valence-electron chi connectivity index (χ2n) is 5.95. The highest BCUT2D eigenvalue weighted by molar-refractivity contribution is 5.56. The van der Waals surface area contributed by atoms with Crippen LogP contribution in [0.2, 0.25) is 0 Å². The molecule has 1 unspecified atom stereocenters. The van der Waals surface area contributed by atoms with Crippen molar-refractivity contribution in [3.63, 3.8) is 0 Å². The summed E-state index contributed by atoms with van der Waals surface area (Å²) in [5, 5.41) is 9.45. The van der Waals surface area contributed by atoms with Crippen molar-refractivity contribution >= 4 is 0 Å². The van der Waals surface area contributed by atoms with Crippen LogP contribution >= 0.6 is 0 Å². The zero-order chi connectivity index (χ0) is 15.3. The Labute approximate surface area is 129 Å². The highest BCUT2D eigenvalue weighted by atomic mass is 16.8. The Morgan fingerprint density at radius 3 is 2.14 bits per heavy atom. The molecule has 1 saturated heterocycles. The minimum absolute atomic E-state index is 0.0646. The highest BCUT2D eigenvalue weighted by Gasteiger charge is 2.50. The molecule has 2 aromatic rings. The lowest BCUT2D eigenvalue weighted by molar-refractivity contribution is -0.151. The number of fused-ring (bicyclic) bond motifs is 4. The lowest BCUT2D eigenvalue weighted by Crippen LogP contribution is -2.33. The Kier molecular flexibility index (Phi) is 3.01. The van der Waals surface area contributed by atoms with Gasteiger partial charge in [-0.15, -0.1) is 0 Å². The van der Waals surface area contributed by atoms with Gasteiger partial charge >= 0.3 is 0 Å². The molecule has 0 aromatic heterocycles. The van der Waals surface area contributed by atoms with Crippen molar-refractivity contribution in [2.75, 3.05) is 13.2 Å². The fourth-order valence-electron chi connectivity index (χ4n) is 3.13. The van der Waals surface area contributed by atoms with Gasteiger partial charge in [0, 0.05) is 0 Å². The van der Waals surface area contributed by atoms with Crippen LogP contribution in [0.15, 0.2) is 36.4 Å². The summed E-state index contributed by atoms with van der Waals surface area (Å²) < 4.78 is 18.3. The molecule has 0 radical (unpaired) electrons. The molecule has 0 bridgehead atoms. The van der Waals surface area contributed by atoms with Crippen molar-refractivity contribution in [2.24, 2.45) is 0 Å². The van der Waals surface area contributed by atoms with Crippen LogP contribution in [-0.2, 0) is 15.3 Å². The van der Waals surface area contributed by atoms with Gasteiger partial charge in [0.2, 0.25) is 5.79 Å².